The minimum atomic E-state index is 0.867. The van der Waals surface area contributed by atoms with Gasteiger partial charge in [0.1, 0.15) is 0 Å². The molecule has 0 saturated heterocycles. The molecule has 4 spiro atoms. The summed E-state index contributed by atoms with van der Waals surface area (Å²) in [7, 11) is 0. The molecular formula is C22H36. The first-order chi connectivity index (χ1) is 10.7. The van der Waals surface area contributed by atoms with Gasteiger partial charge < -0.3 is 0 Å². The molecule has 5 aliphatic rings. The van der Waals surface area contributed by atoms with Crippen molar-refractivity contribution in [1.82, 2.24) is 0 Å². The van der Waals surface area contributed by atoms with Crippen LogP contribution in [0, 0.1) is 21.7 Å². The molecule has 0 unspecified atom stereocenters. The molecule has 0 heterocycles. The van der Waals surface area contributed by atoms with Gasteiger partial charge in [0.05, 0.1) is 0 Å². The summed E-state index contributed by atoms with van der Waals surface area (Å²) in [4.78, 5) is 0. The van der Waals surface area contributed by atoms with Crippen LogP contribution in [0.1, 0.15) is 116 Å². The predicted molar refractivity (Wildman–Crippen MR) is 92.8 cm³/mol. The van der Waals surface area contributed by atoms with Crippen LogP contribution in [0.2, 0.25) is 0 Å². The Hall–Kier alpha value is 0. The highest BCUT2D eigenvalue weighted by Gasteiger charge is 2.65. The molecule has 0 N–H and O–H groups in total. The number of fused-ring (bicyclic) bond motifs is 2. The molecule has 124 valence electrons. The van der Waals surface area contributed by atoms with E-state index in [0.29, 0.717) is 0 Å². The summed E-state index contributed by atoms with van der Waals surface area (Å²) < 4.78 is 0. The average Bonchev–Trinajstić information content (AvgIpc) is 3.32. The lowest BCUT2D eigenvalue weighted by molar-refractivity contribution is 0.204. The van der Waals surface area contributed by atoms with Gasteiger partial charge in [0.2, 0.25) is 0 Å². The molecule has 0 radical (unpaired) electrons. The second kappa shape index (κ2) is 4.76. The van der Waals surface area contributed by atoms with Gasteiger partial charge in [-0.3, -0.25) is 0 Å². The van der Waals surface area contributed by atoms with Crippen LogP contribution in [-0.4, -0.2) is 0 Å². The third kappa shape index (κ3) is 2.15. The Morgan fingerprint density at radius 2 is 0.455 bits per heavy atom. The minimum absolute atomic E-state index is 0.867. The van der Waals surface area contributed by atoms with Crippen molar-refractivity contribution in [2.75, 3.05) is 0 Å². The van der Waals surface area contributed by atoms with E-state index in [1.54, 1.807) is 116 Å². The maximum atomic E-state index is 1.60. The van der Waals surface area contributed by atoms with Gasteiger partial charge in [-0.2, -0.15) is 0 Å². The van der Waals surface area contributed by atoms with E-state index in [-0.39, 0.29) is 0 Å². The summed E-state index contributed by atoms with van der Waals surface area (Å²) in [5.74, 6) is 0. The van der Waals surface area contributed by atoms with Gasteiger partial charge in [0.25, 0.3) is 0 Å². The fourth-order valence-electron chi connectivity index (χ4n) is 6.99. The zero-order chi connectivity index (χ0) is 14.7. The van der Waals surface area contributed by atoms with Crippen LogP contribution in [0.3, 0.4) is 0 Å². The molecular weight excluding hydrogens is 264 g/mol. The van der Waals surface area contributed by atoms with E-state index < -0.39 is 0 Å². The minimum Gasteiger partial charge on any atom is -0.0533 e. The quantitative estimate of drug-likeness (QED) is 0.451. The molecule has 5 saturated carbocycles. The molecule has 0 bridgehead atoms. The van der Waals surface area contributed by atoms with Crippen LogP contribution in [-0.2, 0) is 0 Å². The van der Waals surface area contributed by atoms with Crippen LogP contribution in [0.15, 0.2) is 0 Å². The van der Waals surface area contributed by atoms with E-state index in [9.17, 15) is 0 Å². The molecule has 0 aromatic carbocycles. The van der Waals surface area contributed by atoms with Crippen LogP contribution in [0.25, 0.3) is 0 Å². The van der Waals surface area contributed by atoms with E-state index >= 15 is 0 Å². The van der Waals surface area contributed by atoms with Crippen molar-refractivity contribution in [2.24, 2.45) is 21.7 Å². The van der Waals surface area contributed by atoms with E-state index in [2.05, 4.69) is 0 Å². The fraction of sp³-hybridized carbons (Fsp3) is 1.00. The number of rotatable bonds is 0. The van der Waals surface area contributed by atoms with Crippen molar-refractivity contribution in [2.45, 2.75) is 116 Å². The van der Waals surface area contributed by atoms with Gasteiger partial charge in [-0.15, -0.1) is 0 Å². The first-order valence-electron chi connectivity index (χ1n) is 10.7. The lowest BCUT2D eigenvalue weighted by atomic mass is 9.75. The van der Waals surface area contributed by atoms with E-state index in [4.69, 9.17) is 0 Å². The Morgan fingerprint density at radius 3 is 0.636 bits per heavy atom. The molecule has 22 heavy (non-hydrogen) atoms. The molecule has 0 heteroatoms. The fourth-order valence-corrected chi connectivity index (χ4v) is 6.99. The Labute approximate surface area is 137 Å². The van der Waals surface area contributed by atoms with Gasteiger partial charge in [-0.1, -0.05) is 38.5 Å². The SMILES string of the molecule is C1CCC2(CC2)C2(CCCCCC3(CC3)C3(CC1)CC3)CC2. The van der Waals surface area contributed by atoms with E-state index in [1.807, 2.05) is 0 Å². The Kier molecular flexibility index (Phi) is 3.11. The zero-order valence-electron chi connectivity index (χ0n) is 14.7. The summed E-state index contributed by atoms with van der Waals surface area (Å²) in [6, 6.07) is 0. The highest BCUT2D eigenvalue weighted by atomic mass is 14.7. The number of hydrogen-bond acceptors (Lipinski definition) is 0. The molecule has 0 atom stereocenters. The maximum absolute atomic E-state index is 1.60. The highest BCUT2D eigenvalue weighted by Crippen LogP contribution is 2.76. The Balaban J connectivity index is 1.25. The third-order valence-electron chi connectivity index (χ3n) is 9.29. The van der Waals surface area contributed by atoms with Crippen LogP contribution in [0.5, 0.6) is 0 Å². The summed E-state index contributed by atoms with van der Waals surface area (Å²) in [5, 5.41) is 0. The van der Waals surface area contributed by atoms with Gasteiger partial charge in [-0.05, 0) is 98.7 Å². The molecule has 5 fully saturated rings. The normalized spacial score (nSPS) is 37.1. The summed E-state index contributed by atoms with van der Waals surface area (Å²) in [5.41, 5.74) is 3.47. The van der Waals surface area contributed by atoms with Crippen LogP contribution in [0.4, 0.5) is 0 Å². The van der Waals surface area contributed by atoms with Gasteiger partial charge in [0.15, 0.2) is 0 Å². The van der Waals surface area contributed by atoms with Gasteiger partial charge in [0, 0.05) is 0 Å². The van der Waals surface area contributed by atoms with Crippen LogP contribution < -0.4 is 0 Å². The number of hydrogen-bond donors (Lipinski definition) is 0. The summed E-state index contributed by atoms with van der Waals surface area (Å²) in [6.45, 7) is 0. The topological polar surface area (TPSA) is 0 Å². The standard InChI is InChI=1S/C22H36/c1-3-7-19(11-12-19)21(15-16-21)9-5-2-6-10-22(17-18-22)20(8-4-1)13-14-20/h1-18H2. The smallest absolute Gasteiger partial charge is 0.0241 e. The zero-order valence-corrected chi connectivity index (χ0v) is 14.7. The van der Waals surface area contributed by atoms with Gasteiger partial charge in [-0.25, -0.2) is 0 Å². The maximum Gasteiger partial charge on any atom is -0.0241 e. The van der Waals surface area contributed by atoms with E-state index in [1.165, 1.54) is 0 Å². The average molecular weight is 301 g/mol. The van der Waals surface area contributed by atoms with Crippen molar-refractivity contribution < 1.29 is 0 Å². The molecule has 5 aliphatic carbocycles. The largest absolute Gasteiger partial charge is 0.0533 e. The molecule has 0 nitrogen and oxygen atoms in total. The molecule has 5 rings (SSSR count). The van der Waals surface area contributed by atoms with Crippen molar-refractivity contribution in [3.8, 4) is 0 Å². The van der Waals surface area contributed by atoms with Crippen LogP contribution >= 0.6 is 0 Å². The predicted octanol–water partition coefficient (Wildman–Crippen LogP) is 7.02. The third-order valence-corrected chi connectivity index (χ3v) is 9.29. The van der Waals surface area contributed by atoms with Gasteiger partial charge >= 0.3 is 0 Å². The van der Waals surface area contributed by atoms with Crippen molar-refractivity contribution in [3.63, 3.8) is 0 Å². The van der Waals surface area contributed by atoms with Crippen molar-refractivity contribution in [1.29, 1.82) is 0 Å². The lowest BCUT2D eigenvalue weighted by Crippen LogP contribution is -2.20. The van der Waals surface area contributed by atoms with E-state index in [0.717, 1.165) is 21.7 Å². The lowest BCUT2D eigenvalue weighted by Gasteiger charge is -2.30. The monoisotopic (exact) mass is 300 g/mol. The Bertz CT molecular complexity index is 347. The molecule has 0 amide bonds. The first-order valence-corrected chi connectivity index (χ1v) is 10.7. The molecule has 0 aromatic rings. The summed E-state index contributed by atoms with van der Waals surface area (Å²) >= 11 is 0. The second-order valence-electron chi connectivity index (χ2n) is 10.2. The first kappa shape index (κ1) is 14.4. The van der Waals surface area contributed by atoms with Crippen molar-refractivity contribution >= 4 is 0 Å². The second-order valence-corrected chi connectivity index (χ2v) is 10.2. The molecule has 0 aromatic heterocycles. The Morgan fingerprint density at radius 1 is 0.227 bits per heavy atom. The highest BCUT2D eigenvalue weighted by molar-refractivity contribution is 5.15. The van der Waals surface area contributed by atoms with Crippen molar-refractivity contribution in [3.05, 3.63) is 0 Å². The summed E-state index contributed by atoms with van der Waals surface area (Å²) in [6.07, 6.45) is 28.5. The molecule has 0 aliphatic heterocycles.